The van der Waals surface area contributed by atoms with Gasteiger partial charge in [0.1, 0.15) is 5.82 Å². The van der Waals surface area contributed by atoms with Gasteiger partial charge < -0.3 is 11.1 Å². The van der Waals surface area contributed by atoms with Crippen LogP contribution >= 0.6 is 0 Å². The van der Waals surface area contributed by atoms with Gasteiger partial charge in [-0.15, -0.1) is 0 Å². The number of nitrogens with one attached hydrogen (secondary N) is 1. The number of benzene rings is 1. The predicted octanol–water partition coefficient (Wildman–Crippen LogP) is 2.13. The Hall–Kier alpha value is -0.930. The van der Waals surface area contributed by atoms with Crippen LogP contribution in [0.1, 0.15) is 31.0 Å². The van der Waals surface area contributed by atoms with E-state index in [9.17, 15) is 4.39 Å². The van der Waals surface area contributed by atoms with E-state index in [2.05, 4.69) is 5.32 Å². The summed E-state index contributed by atoms with van der Waals surface area (Å²) in [5, 5.41) is 3.16. The smallest absolute Gasteiger partial charge is 0.126 e. The SMILES string of the molecule is CNC(c1ccc(F)c(C)c1)C(C)(C)N. The van der Waals surface area contributed by atoms with Crippen LogP contribution < -0.4 is 11.1 Å². The molecule has 1 rings (SSSR count). The number of likely N-dealkylation sites (N-methyl/N-ethyl adjacent to an activating group) is 1. The average molecular weight is 210 g/mol. The molecule has 1 atom stereocenters. The monoisotopic (exact) mass is 210 g/mol. The maximum absolute atomic E-state index is 13.1. The lowest BCUT2D eigenvalue weighted by molar-refractivity contribution is 0.369. The summed E-state index contributed by atoms with van der Waals surface area (Å²) in [6, 6.07) is 5.13. The minimum Gasteiger partial charge on any atom is -0.324 e. The minimum absolute atomic E-state index is 0.0248. The van der Waals surface area contributed by atoms with Crippen LogP contribution in [-0.4, -0.2) is 12.6 Å². The second-order valence-electron chi connectivity index (χ2n) is 4.55. The van der Waals surface area contributed by atoms with Crippen molar-refractivity contribution in [2.45, 2.75) is 32.4 Å². The second kappa shape index (κ2) is 4.29. The molecule has 1 aromatic carbocycles. The Labute approximate surface area is 90.7 Å². The normalized spacial score (nSPS) is 14.0. The molecular weight excluding hydrogens is 191 g/mol. The number of aryl methyl sites for hydroxylation is 1. The molecule has 0 heterocycles. The zero-order chi connectivity index (χ0) is 11.6. The minimum atomic E-state index is -0.376. The van der Waals surface area contributed by atoms with Crippen LogP contribution in [0.5, 0.6) is 0 Å². The van der Waals surface area contributed by atoms with E-state index in [1.165, 1.54) is 6.07 Å². The van der Waals surface area contributed by atoms with Gasteiger partial charge in [0, 0.05) is 11.6 Å². The Morgan fingerprint density at radius 3 is 2.40 bits per heavy atom. The summed E-state index contributed by atoms with van der Waals surface area (Å²) >= 11 is 0. The van der Waals surface area contributed by atoms with Crippen molar-refractivity contribution in [3.8, 4) is 0 Å². The molecule has 0 radical (unpaired) electrons. The molecule has 0 aliphatic carbocycles. The van der Waals surface area contributed by atoms with Crippen LogP contribution in [0, 0.1) is 12.7 Å². The molecule has 0 spiro atoms. The highest BCUT2D eigenvalue weighted by Gasteiger charge is 2.25. The van der Waals surface area contributed by atoms with Gasteiger partial charge in [-0.3, -0.25) is 0 Å². The van der Waals surface area contributed by atoms with Crippen LogP contribution in [0.25, 0.3) is 0 Å². The molecular formula is C12H19FN2. The lowest BCUT2D eigenvalue weighted by Gasteiger charge is -2.30. The molecule has 0 aromatic heterocycles. The Morgan fingerprint density at radius 2 is 2.00 bits per heavy atom. The van der Waals surface area contributed by atoms with E-state index in [1.54, 1.807) is 13.0 Å². The fourth-order valence-electron chi connectivity index (χ4n) is 1.82. The van der Waals surface area contributed by atoms with Gasteiger partial charge in [0.05, 0.1) is 0 Å². The molecule has 0 bridgehead atoms. The van der Waals surface area contributed by atoms with Gasteiger partial charge in [-0.05, 0) is 45.0 Å². The molecule has 15 heavy (non-hydrogen) atoms. The standard InChI is InChI=1S/C12H19FN2/c1-8-7-9(5-6-10(8)13)11(15-4)12(2,3)14/h5-7,11,15H,14H2,1-4H3. The molecule has 0 saturated carbocycles. The summed E-state index contributed by atoms with van der Waals surface area (Å²) in [7, 11) is 1.86. The first-order valence-electron chi connectivity index (χ1n) is 5.08. The van der Waals surface area contributed by atoms with Crippen molar-refractivity contribution in [3.05, 3.63) is 35.1 Å². The third kappa shape index (κ3) is 2.76. The van der Waals surface area contributed by atoms with Crippen molar-refractivity contribution in [1.82, 2.24) is 5.32 Å². The maximum atomic E-state index is 13.1. The molecule has 0 aliphatic rings. The third-order valence-electron chi connectivity index (χ3n) is 2.55. The molecule has 0 amide bonds. The first-order chi connectivity index (χ1) is 6.86. The molecule has 3 heteroatoms. The lowest BCUT2D eigenvalue weighted by atomic mass is 9.89. The number of hydrogen-bond donors (Lipinski definition) is 2. The summed E-state index contributed by atoms with van der Waals surface area (Å²) in [6.07, 6.45) is 0. The van der Waals surface area contributed by atoms with Gasteiger partial charge in [-0.25, -0.2) is 4.39 Å². The Balaban J connectivity index is 3.08. The third-order valence-corrected chi connectivity index (χ3v) is 2.55. The van der Waals surface area contributed by atoms with Crippen molar-refractivity contribution >= 4 is 0 Å². The predicted molar refractivity (Wildman–Crippen MR) is 61.2 cm³/mol. The van der Waals surface area contributed by atoms with Gasteiger partial charge in [-0.2, -0.15) is 0 Å². The van der Waals surface area contributed by atoms with E-state index in [0.29, 0.717) is 5.56 Å². The Morgan fingerprint density at radius 1 is 1.40 bits per heavy atom. The molecule has 3 N–H and O–H groups in total. The Kier molecular flexibility index (Phi) is 3.47. The molecule has 0 saturated heterocycles. The van der Waals surface area contributed by atoms with Crippen molar-refractivity contribution < 1.29 is 4.39 Å². The van der Waals surface area contributed by atoms with E-state index in [4.69, 9.17) is 5.73 Å². The quantitative estimate of drug-likeness (QED) is 0.802. The summed E-state index contributed by atoms with van der Waals surface area (Å²) in [5.74, 6) is -0.177. The molecule has 0 aliphatic heterocycles. The largest absolute Gasteiger partial charge is 0.324 e. The van der Waals surface area contributed by atoms with E-state index >= 15 is 0 Å². The average Bonchev–Trinajstić information content (AvgIpc) is 2.10. The number of nitrogens with two attached hydrogens (primary N) is 1. The maximum Gasteiger partial charge on any atom is 0.126 e. The van der Waals surface area contributed by atoms with Crippen LogP contribution in [0.3, 0.4) is 0 Å². The zero-order valence-electron chi connectivity index (χ0n) is 9.76. The fraction of sp³-hybridized carbons (Fsp3) is 0.500. The van der Waals surface area contributed by atoms with Crippen molar-refractivity contribution in [3.63, 3.8) is 0 Å². The lowest BCUT2D eigenvalue weighted by Crippen LogP contribution is -2.45. The summed E-state index contributed by atoms with van der Waals surface area (Å²) in [5.41, 5.74) is 7.35. The highest BCUT2D eigenvalue weighted by atomic mass is 19.1. The summed E-state index contributed by atoms with van der Waals surface area (Å²) < 4.78 is 13.1. The number of halogens is 1. The molecule has 0 fully saturated rings. The Bertz CT molecular complexity index is 342. The van der Waals surface area contributed by atoms with Gasteiger partial charge in [0.25, 0.3) is 0 Å². The van der Waals surface area contributed by atoms with Gasteiger partial charge in [-0.1, -0.05) is 12.1 Å². The van der Waals surface area contributed by atoms with Crippen LogP contribution in [-0.2, 0) is 0 Å². The van der Waals surface area contributed by atoms with Crippen molar-refractivity contribution in [2.75, 3.05) is 7.05 Å². The van der Waals surface area contributed by atoms with E-state index in [-0.39, 0.29) is 17.4 Å². The molecule has 84 valence electrons. The van der Waals surface area contributed by atoms with E-state index in [0.717, 1.165) is 5.56 Å². The fourth-order valence-corrected chi connectivity index (χ4v) is 1.82. The van der Waals surface area contributed by atoms with Crippen molar-refractivity contribution in [1.29, 1.82) is 0 Å². The van der Waals surface area contributed by atoms with Crippen LogP contribution in [0.2, 0.25) is 0 Å². The van der Waals surface area contributed by atoms with E-state index in [1.807, 2.05) is 27.0 Å². The first-order valence-corrected chi connectivity index (χ1v) is 5.08. The summed E-state index contributed by atoms with van der Waals surface area (Å²) in [4.78, 5) is 0. The van der Waals surface area contributed by atoms with Gasteiger partial charge in [0.15, 0.2) is 0 Å². The van der Waals surface area contributed by atoms with Crippen molar-refractivity contribution in [2.24, 2.45) is 5.73 Å². The second-order valence-corrected chi connectivity index (χ2v) is 4.55. The summed E-state index contributed by atoms with van der Waals surface area (Å²) in [6.45, 7) is 5.66. The topological polar surface area (TPSA) is 38.0 Å². The van der Waals surface area contributed by atoms with Crippen LogP contribution in [0.4, 0.5) is 4.39 Å². The molecule has 1 unspecified atom stereocenters. The number of rotatable bonds is 3. The first kappa shape index (κ1) is 12.1. The number of hydrogen-bond acceptors (Lipinski definition) is 2. The highest BCUT2D eigenvalue weighted by Crippen LogP contribution is 2.24. The highest BCUT2D eigenvalue weighted by molar-refractivity contribution is 5.28. The zero-order valence-corrected chi connectivity index (χ0v) is 9.76. The van der Waals surface area contributed by atoms with E-state index < -0.39 is 0 Å². The van der Waals surface area contributed by atoms with Gasteiger partial charge in [0.2, 0.25) is 0 Å². The van der Waals surface area contributed by atoms with Crippen LogP contribution in [0.15, 0.2) is 18.2 Å². The molecule has 1 aromatic rings. The van der Waals surface area contributed by atoms with Gasteiger partial charge >= 0.3 is 0 Å². The molecule has 2 nitrogen and oxygen atoms in total.